The fraction of sp³-hybridized carbons (Fsp3) is 0. The Morgan fingerprint density at radius 1 is 1.00 bits per heavy atom. The van der Waals surface area contributed by atoms with Crippen LogP contribution in [0.2, 0.25) is 15.1 Å². The first kappa shape index (κ1) is 12.4. The van der Waals surface area contributed by atoms with Crippen molar-refractivity contribution in [2.45, 2.75) is 0 Å². The average Bonchev–Trinajstić information content (AvgIpc) is 2.25. The largest absolute Gasteiger partial charge is 0.504 e. The molecule has 88 valence electrons. The topological polar surface area (TPSA) is 29.5 Å². The summed E-state index contributed by atoms with van der Waals surface area (Å²) in [5.41, 5.74) is 0. The number of hydrogen-bond donors (Lipinski definition) is 1. The molecule has 2 aromatic rings. The molecule has 0 radical (unpaired) electrons. The van der Waals surface area contributed by atoms with Crippen LogP contribution in [0.15, 0.2) is 36.4 Å². The molecule has 0 aliphatic rings. The molecule has 0 fully saturated rings. The van der Waals surface area contributed by atoms with E-state index in [-0.39, 0.29) is 5.75 Å². The summed E-state index contributed by atoms with van der Waals surface area (Å²) in [5, 5.41) is 11.1. The Balaban J connectivity index is 2.31. The summed E-state index contributed by atoms with van der Waals surface area (Å²) in [7, 11) is 0. The average molecular weight is 291 g/mol. The van der Waals surface area contributed by atoms with Crippen LogP contribution in [0.3, 0.4) is 0 Å². The summed E-state index contributed by atoms with van der Waals surface area (Å²) in [6.07, 6.45) is 0. The quantitative estimate of drug-likeness (QED) is 0.899. The summed E-state index contributed by atoms with van der Waals surface area (Å²) >= 11 is 16.6. The smallest absolute Gasteiger partial charge is 0.229 e. The standard InChI is InChI=1S/C12H7Cl3O2/c13-7-1-3-11(9(15)5-7)17-12-4-2-8(14)6-10(12)16/h1-6,14H/p+1. The van der Waals surface area contributed by atoms with Crippen LogP contribution in [-0.4, -0.2) is 5.11 Å². The highest BCUT2D eigenvalue weighted by molar-refractivity contribution is 6.35. The van der Waals surface area contributed by atoms with Crippen molar-refractivity contribution in [1.29, 1.82) is 0 Å². The van der Waals surface area contributed by atoms with E-state index in [9.17, 15) is 5.11 Å². The number of hydrogen-bond acceptors (Lipinski definition) is 2. The van der Waals surface area contributed by atoms with Gasteiger partial charge in [0.1, 0.15) is 5.75 Å². The van der Waals surface area contributed by atoms with Crippen molar-refractivity contribution in [2.75, 3.05) is 0 Å². The Bertz CT molecular complexity index is 506. The fourth-order valence-electron chi connectivity index (χ4n) is 1.26. The lowest BCUT2D eigenvalue weighted by atomic mass is 10.3. The maximum Gasteiger partial charge on any atom is 0.229 e. The minimum atomic E-state index is -0.0245. The first-order chi connectivity index (χ1) is 8.06. The molecule has 5 heteroatoms. The van der Waals surface area contributed by atoms with E-state index < -0.39 is 0 Å². The van der Waals surface area contributed by atoms with Gasteiger partial charge in [-0.25, -0.2) is 0 Å². The minimum absolute atomic E-state index is 0.0245. The van der Waals surface area contributed by atoms with Crippen molar-refractivity contribution >= 4 is 23.2 Å². The van der Waals surface area contributed by atoms with Gasteiger partial charge in [0.25, 0.3) is 0 Å². The molecule has 17 heavy (non-hydrogen) atoms. The third-order valence-electron chi connectivity index (χ3n) is 2.04. The molecule has 0 spiro atoms. The molecule has 0 amide bonds. The van der Waals surface area contributed by atoms with Crippen LogP contribution in [0.25, 0.3) is 0 Å². The van der Waals surface area contributed by atoms with Gasteiger partial charge in [0.05, 0.1) is 5.02 Å². The molecule has 1 N–H and O–H groups in total. The molecule has 0 aliphatic carbocycles. The van der Waals surface area contributed by atoms with Gasteiger partial charge >= 0.3 is 0 Å². The third-order valence-corrected chi connectivity index (χ3v) is 2.83. The Labute approximate surface area is 113 Å². The summed E-state index contributed by atoms with van der Waals surface area (Å²) in [6, 6.07) is 9.54. The Kier molecular flexibility index (Phi) is 3.67. The summed E-state index contributed by atoms with van der Waals surface area (Å²) in [6.45, 7) is 0. The van der Waals surface area contributed by atoms with Crippen LogP contribution < -0.4 is 4.74 Å². The maximum absolute atomic E-state index is 9.64. The van der Waals surface area contributed by atoms with Gasteiger partial charge in [0.2, 0.25) is 5.02 Å². The van der Waals surface area contributed by atoms with Gasteiger partial charge in [0.15, 0.2) is 23.1 Å². The van der Waals surface area contributed by atoms with Gasteiger partial charge in [-0.1, -0.05) is 23.2 Å². The highest BCUT2D eigenvalue weighted by Crippen LogP contribution is 2.36. The monoisotopic (exact) mass is 289 g/mol. The summed E-state index contributed by atoms with van der Waals surface area (Å²) < 4.78 is 5.46. The van der Waals surface area contributed by atoms with Crippen molar-refractivity contribution in [3.8, 4) is 17.2 Å². The Morgan fingerprint density at radius 2 is 1.71 bits per heavy atom. The fourth-order valence-corrected chi connectivity index (χ4v) is 1.89. The number of halogens is 3. The zero-order valence-corrected chi connectivity index (χ0v) is 10.8. The summed E-state index contributed by atoms with van der Waals surface area (Å²) in [4.78, 5) is 0. The number of phenolic OH excluding ortho intramolecular Hbond substituents is 1. The normalized spacial score (nSPS) is 10.3. The molecule has 0 heterocycles. The van der Waals surface area contributed by atoms with E-state index in [0.29, 0.717) is 26.6 Å². The second-order valence-electron chi connectivity index (χ2n) is 3.31. The van der Waals surface area contributed by atoms with Crippen LogP contribution >= 0.6 is 23.2 Å². The zero-order chi connectivity index (χ0) is 12.4. The van der Waals surface area contributed by atoms with Crippen molar-refractivity contribution in [3.05, 3.63) is 51.5 Å². The highest BCUT2D eigenvalue weighted by atomic mass is 35.5. The molecule has 2 nitrogen and oxygen atoms in total. The second kappa shape index (κ2) is 5.05. The lowest BCUT2D eigenvalue weighted by Gasteiger charge is -2.08. The van der Waals surface area contributed by atoms with Crippen molar-refractivity contribution < 1.29 is 21.4 Å². The molecule has 0 aromatic heterocycles. The maximum atomic E-state index is 9.64. The van der Waals surface area contributed by atoms with Crippen LogP contribution in [0, 0.1) is 11.6 Å². The van der Waals surface area contributed by atoms with Crippen LogP contribution in [0.1, 0.15) is 0 Å². The van der Waals surface area contributed by atoms with E-state index in [2.05, 4.69) is 0 Å². The number of aromatic hydroxyl groups is 1. The van der Waals surface area contributed by atoms with Gasteiger partial charge in [-0.15, -0.1) is 0 Å². The highest BCUT2D eigenvalue weighted by Gasteiger charge is 2.09. The molecule has 0 bridgehead atoms. The molecule has 0 saturated carbocycles. The van der Waals surface area contributed by atoms with Crippen molar-refractivity contribution in [3.63, 3.8) is 0 Å². The molecule has 0 atom stereocenters. The van der Waals surface area contributed by atoms with Gasteiger partial charge in [-0.3, -0.25) is 0 Å². The van der Waals surface area contributed by atoms with Crippen LogP contribution in [-0.2, 0) is 0 Å². The third kappa shape index (κ3) is 2.97. The molecular weight excluding hydrogens is 282 g/mol. The van der Waals surface area contributed by atoms with Crippen molar-refractivity contribution in [1.82, 2.24) is 0 Å². The minimum Gasteiger partial charge on any atom is -0.504 e. The van der Waals surface area contributed by atoms with Gasteiger partial charge < -0.3 is 9.84 Å². The van der Waals surface area contributed by atoms with Gasteiger partial charge in [-0.2, -0.15) is 0 Å². The first-order valence-corrected chi connectivity index (χ1v) is 5.85. The van der Waals surface area contributed by atoms with Gasteiger partial charge in [-0.05, 0) is 24.3 Å². The van der Waals surface area contributed by atoms with E-state index in [1.54, 1.807) is 30.3 Å². The number of phenols is 1. The summed E-state index contributed by atoms with van der Waals surface area (Å²) in [5.74, 6) is 0.690. The van der Waals surface area contributed by atoms with Crippen molar-refractivity contribution in [2.24, 2.45) is 0 Å². The van der Waals surface area contributed by atoms with E-state index in [0.717, 1.165) is 0 Å². The van der Waals surface area contributed by atoms with Crippen LogP contribution in [0.4, 0.5) is 0 Å². The SMILES string of the molecule is Oc1cc([ClH+])ccc1Oc1ccc(Cl)cc1Cl. The lowest BCUT2D eigenvalue weighted by Crippen LogP contribution is -1.86. The second-order valence-corrected chi connectivity index (χ2v) is 4.62. The molecular formula is C12H8Cl3O2+. The molecule has 0 aliphatic heterocycles. The predicted molar refractivity (Wildman–Crippen MR) is 65.2 cm³/mol. The Hall–Kier alpha value is -1.09. The van der Waals surface area contributed by atoms with E-state index in [4.69, 9.17) is 39.5 Å². The van der Waals surface area contributed by atoms with E-state index >= 15 is 0 Å². The van der Waals surface area contributed by atoms with Crippen LogP contribution in [0.5, 0.6) is 17.2 Å². The number of rotatable bonds is 2. The van der Waals surface area contributed by atoms with Gasteiger partial charge in [0, 0.05) is 17.2 Å². The van der Waals surface area contributed by atoms with E-state index in [1.807, 2.05) is 0 Å². The zero-order valence-electron chi connectivity index (χ0n) is 8.48. The predicted octanol–water partition coefficient (Wildman–Crippen LogP) is 4.19. The first-order valence-electron chi connectivity index (χ1n) is 4.69. The molecule has 2 aromatic carbocycles. The van der Waals surface area contributed by atoms with E-state index in [1.165, 1.54) is 6.07 Å². The molecule has 0 saturated heterocycles. The number of ether oxygens (including phenoxy) is 1. The lowest BCUT2D eigenvalue weighted by molar-refractivity contribution is -0.289. The molecule has 2 rings (SSSR count). The Morgan fingerprint density at radius 3 is 2.35 bits per heavy atom. The number of benzene rings is 2. The molecule has 0 unspecified atom stereocenters.